The van der Waals surface area contributed by atoms with Gasteiger partial charge in [-0.2, -0.15) is 0 Å². The first-order valence-electron chi connectivity index (χ1n) is 4.09. The van der Waals surface area contributed by atoms with Crippen molar-refractivity contribution >= 4 is 15.9 Å². The third-order valence-electron chi connectivity index (χ3n) is 1.69. The number of likely N-dealkylation sites (N-methyl/N-ethyl adjacent to an activating group) is 1. The Morgan fingerprint density at radius 1 is 1.58 bits per heavy atom. The zero-order valence-electron chi connectivity index (χ0n) is 8.23. The van der Waals surface area contributed by atoms with E-state index in [9.17, 15) is 0 Å². The van der Waals surface area contributed by atoms with E-state index in [2.05, 4.69) is 48.3 Å². The van der Waals surface area contributed by atoms with Crippen LogP contribution in [0.3, 0.4) is 0 Å². The summed E-state index contributed by atoms with van der Waals surface area (Å²) < 4.78 is 1.01. The fourth-order valence-electron chi connectivity index (χ4n) is 1.14. The average Bonchev–Trinajstić information content (AvgIpc) is 1.84. The van der Waals surface area contributed by atoms with Crippen molar-refractivity contribution in [1.29, 1.82) is 0 Å². The van der Waals surface area contributed by atoms with Gasteiger partial charge >= 0.3 is 0 Å². The summed E-state index contributed by atoms with van der Waals surface area (Å²) in [5, 5.41) is 0. The van der Waals surface area contributed by atoms with Crippen molar-refractivity contribution in [2.75, 3.05) is 26.7 Å². The molecule has 0 spiro atoms. The van der Waals surface area contributed by atoms with Gasteiger partial charge in [0.05, 0.1) is 0 Å². The molecule has 0 heterocycles. The van der Waals surface area contributed by atoms with Crippen LogP contribution >= 0.6 is 15.9 Å². The molecule has 0 aromatic rings. The average molecular weight is 235 g/mol. The lowest BCUT2D eigenvalue weighted by Gasteiger charge is -2.28. The molecular weight excluding hydrogens is 216 g/mol. The molecule has 0 aliphatic carbocycles. The quantitative estimate of drug-likeness (QED) is 0.787. The monoisotopic (exact) mass is 234 g/mol. The summed E-state index contributed by atoms with van der Waals surface area (Å²) in [7, 11) is 2.07. The summed E-state index contributed by atoms with van der Waals surface area (Å²) in [5.41, 5.74) is 5.82. The van der Waals surface area contributed by atoms with Crippen LogP contribution in [0.15, 0.2) is 11.1 Å². The Bertz CT molecular complexity index is 155. The number of hydrogen-bond donors (Lipinski definition) is 1. The van der Waals surface area contributed by atoms with Crippen LogP contribution in [-0.4, -0.2) is 31.6 Å². The second kappa shape index (κ2) is 5.00. The van der Waals surface area contributed by atoms with Crippen molar-refractivity contribution in [3.05, 3.63) is 11.1 Å². The molecular formula is C9H19BrN2. The highest BCUT2D eigenvalue weighted by Crippen LogP contribution is 2.15. The van der Waals surface area contributed by atoms with Gasteiger partial charge in [-0.15, -0.1) is 0 Å². The first-order chi connectivity index (χ1) is 5.37. The molecule has 3 heteroatoms. The third-order valence-corrected chi connectivity index (χ3v) is 1.94. The van der Waals surface area contributed by atoms with Gasteiger partial charge in [0.1, 0.15) is 0 Å². The fourth-order valence-corrected chi connectivity index (χ4v) is 1.57. The molecule has 0 aromatic heterocycles. The Morgan fingerprint density at radius 3 is 2.42 bits per heavy atom. The molecule has 0 saturated carbocycles. The van der Waals surface area contributed by atoms with Crippen molar-refractivity contribution in [1.82, 2.24) is 4.90 Å². The van der Waals surface area contributed by atoms with Gasteiger partial charge in [-0.05, 0) is 19.0 Å². The Morgan fingerprint density at radius 2 is 2.08 bits per heavy atom. The largest absolute Gasteiger partial charge is 0.330 e. The van der Waals surface area contributed by atoms with Crippen LogP contribution in [0, 0.1) is 5.41 Å². The van der Waals surface area contributed by atoms with Gasteiger partial charge in [0, 0.05) is 17.6 Å². The van der Waals surface area contributed by atoms with Gasteiger partial charge in [-0.25, -0.2) is 0 Å². The highest BCUT2D eigenvalue weighted by molar-refractivity contribution is 9.11. The zero-order valence-corrected chi connectivity index (χ0v) is 9.82. The molecule has 0 radical (unpaired) electrons. The SMILES string of the molecule is C=C(Br)CN(C)CC(C)(C)CN. The normalized spacial score (nSPS) is 12.2. The molecule has 2 N–H and O–H groups in total. The summed E-state index contributed by atoms with van der Waals surface area (Å²) in [6.45, 7) is 10.7. The maximum Gasteiger partial charge on any atom is 0.0291 e. The van der Waals surface area contributed by atoms with E-state index in [0.29, 0.717) is 6.54 Å². The number of nitrogens with two attached hydrogens (primary N) is 1. The molecule has 2 nitrogen and oxygen atoms in total. The van der Waals surface area contributed by atoms with Crippen LogP contribution in [0.4, 0.5) is 0 Å². The van der Waals surface area contributed by atoms with E-state index in [0.717, 1.165) is 17.6 Å². The van der Waals surface area contributed by atoms with E-state index in [4.69, 9.17) is 5.73 Å². The van der Waals surface area contributed by atoms with Gasteiger partial charge < -0.3 is 10.6 Å². The van der Waals surface area contributed by atoms with Crippen LogP contribution in [0.5, 0.6) is 0 Å². The molecule has 72 valence electrons. The van der Waals surface area contributed by atoms with Gasteiger partial charge in [-0.3, -0.25) is 0 Å². The Kier molecular flexibility index (Phi) is 5.06. The molecule has 0 aliphatic rings. The zero-order chi connectivity index (χ0) is 9.78. The topological polar surface area (TPSA) is 29.3 Å². The molecule has 0 aliphatic heterocycles. The number of nitrogens with zero attached hydrogens (tertiary/aromatic N) is 1. The van der Waals surface area contributed by atoms with Crippen molar-refractivity contribution < 1.29 is 0 Å². The van der Waals surface area contributed by atoms with Crippen LogP contribution in [-0.2, 0) is 0 Å². The second-order valence-corrected chi connectivity index (χ2v) is 5.18. The van der Waals surface area contributed by atoms with E-state index in [1.54, 1.807) is 0 Å². The van der Waals surface area contributed by atoms with Crippen molar-refractivity contribution in [3.8, 4) is 0 Å². The van der Waals surface area contributed by atoms with Crippen LogP contribution in [0.25, 0.3) is 0 Å². The maximum absolute atomic E-state index is 5.62. The molecule has 0 saturated heterocycles. The molecule has 0 aromatic carbocycles. The summed E-state index contributed by atoms with van der Waals surface area (Å²) in [5.74, 6) is 0. The first kappa shape index (κ1) is 12.1. The lowest BCUT2D eigenvalue weighted by molar-refractivity contribution is 0.231. The van der Waals surface area contributed by atoms with E-state index in [-0.39, 0.29) is 5.41 Å². The lowest BCUT2D eigenvalue weighted by atomic mass is 9.93. The minimum atomic E-state index is 0.192. The van der Waals surface area contributed by atoms with Gasteiger partial charge in [0.25, 0.3) is 0 Å². The molecule has 0 rings (SSSR count). The molecule has 0 atom stereocenters. The fraction of sp³-hybridized carbons (Fsp3) is 0.778. The predicted molar refractivity (Wildman–Crippen MR) is 58.4 cm³/mol. The van der Waals surface area contributed by atoms with E-state index < -0.39 is 0 Å². The van der Waals surface area contributed by atoms with E-state index in [1.807, 2.05) is 0 Å². The smallest absolute Gasteiger partial charge is 0.0291 e. The van der Waals surface area contributed by atoms with Gasteiger partial charge in [-0.1, -0.05) is 36.4 Å². The minimum absolute atomic E-state index is 0.192. The van der Waals surface area contributed by atoms with Crippen LogP contribution < -0.4 is 5.73 Å². The maximum atomic E-state index is 5.62. The Labute approximate surface area is 83.9 Å². The lowest BCUT2D eigenvalue weighted by Crippen LogP contribution is -2.37. The first-order valence-corrected chi connectivity index (χ1v) is 4.88. The molecule has 12 heavy (non-hydrogen) atoms. The van der Waals surface area contributed by atoms with E-state index in [1.165, 1.54) is 0 Å². The van der Waals surface area contributed by atoms with Crippen LogP contribution in [0.1, 0.15) is 13.8 Å². The third kappa shape index (κ3) is 5.75. The standard InChI is InChI=1S/C9H19BrN2/c1-8(10)5-12(4)7-9(2,3)6-11/h1,5-7,11H2,2-4H3. The molecule has 0 fully saturated rings. The summed E-state index contributed by atoms with van der Waals surface area (Å²) in [6.07, 6.45) is 0. The van der Waals surface area contributed by atoms with Crippen molar-refractivity contribution in [2.45, 2.75) is 13.8 Å². The van der Waals surface area contributed by atoms with Crippen molar-refractivity contribution in [3.63, 3.8) is 0 Å². The van der Waals surface area contributed by atoms with Crippen LogP contribution in [0.2, 0.25) is 0 Å². The van der Waals surface area contributed by atoms with Gasteiger partial charge in [0.15, 0.2) is 0 Å². The highest BCUT2D eigenvalue weighted by atomic mass is 79.9. The second-order valence-electron chi connectivity index (χ2n) is 4.06. The Balaban J connectivity index is 3.83. The Hall–Kier alpha value is 0.140. The van der Waals surface area contributed by atoms with Gasteiger partial charge in [0.2, 0.25) is 0 Å². The predicted octanol–water partition coefficient (Wildman–Crippen LogP) is 1.81. The molecule has 0 amide bonds. The highest BCUT2D eigenvalue weighted by Gasteiger charge is 2.17. The number of hydrogen-bond acceptors (Lipinski definition) is 2. The summed E-state index contributed by atoms with van der Waals surface area (Å²) in [4.78, 5) is 2.21. The minimum Gasteiger partial charge on any atom is -0.330 e. The molecule has 0 unspecified atom stereocenters. The van der Waals surface area contributed by atoms with Crippen molar-refractivity contribution in [2.24, 2.45) is 11.1 Å². The summed E-state index contributed by atoms with van der Waals surface area (Å²) in [6, 6.07) is 0. The number of rotatable bonds is 5. The summed E-state index contributed by atoms with van der Waals surface area (Å²) >= 11 is 3.34. The van der Waals surface area contributed by atoms with E-state index >= 15 is 0 Å². The number of halogens is 1. The molecule has 0 bridgehead atoms.